The van der Waals surface area contributed by atoms with E-state index in [0.717, 1.165) is 14.9 Å². The summed E-state index contributed by atoms with van der Waals surface area (Å²) in [6, 6.07) is 13.7. The number of benzene rings is 2. The van der Waals surface area contributed by atoms with Gasteiger partial charge in [-0.25, -0.2) is 13.6 Å². The Bertz CT molecular complexity index is 837. The van der Waals surface area contributed by atoms with Crippen molar-refractivity contribution in [2.45, 2.75) is 34.9 Å². The lowest BCUT2D eigenvalue weighted by Gasteiger charge is -2.18. The molecule has 0 spiro atoms. The van der Waals surface area contributed by atoms with E-state index in [2.05, 4.69) is 21.2 Å². The molecule has 134 valence electrons. The summed E-state index contributed by atoms with van der Waals surface area (Å²) in [7, 11) is -3.71. The fourth-order valence-electron chi connectivity index (χ4n) is 2.13. The Morgan fingerprint density at radius 1 is 1.08 bits per heavy atom. The number of hydrogen-bond acceptors (Lipinski definition) is 4. The van der Waals surface area contributed by atoms with Crippen LogP contribution in [-0.2, 0) is 14.8 Å². The summed E-state index contributed by atoms with van der Waals surface area (Å²) < 4.78 is 23.5. The highest BCUT2D eigenvalue weighted by molar-refractivity contribution is 9.10. The maximum Gasteiger partial charge on any atom is 0.238 e. The van der Waals surface area contributed by atoms with Gasteiger partial charge in [-0.3, -0.25) is 4.79 Å². The molecule has 0 saturated heterocycles. The number of nitrogens with one attached hydrogen (secondary N) is 1. The summed E-state index contributed by atoms with van der Waals surface area (Å²) in [4.78, 5) is 13.4. The van der Waals surface area contributed by atoms with E-state index in [0.29, 0.717) is 0 Å². The van der Waals surface area contributed by atoms with Crippen LogP contribution < -0.4 is 10.5 Å². The van der Waals surface area contributed by atoms with Gasteiger partial charge in [-0.2, -0.15) is 0 Å². The van der Waals surface area contributed by atoms with E-state index in [4.69, 9.17) is 5.14 Å². The van der Waals surface area contributed by atoms with Crippen molar-refractivity contribution >= 4 is 43.6 Å². The molecular weight excluding hydrogens is 424 g/mol. The van der Waals surface area contributed by atoms with Crippen molar-refractivity contribution in [3.8, 4) is 0 Å². The Morgan fingerprint density at radius 2 is 1.64 bits per heavy atom. The van der Waals surface area contributed by atoms with Crippen LogP contribution in [0.5, 0.6) is 0 Å². The number of carbonyl (C=O) groups excluding carboxylic acids is 1. The van der Waals surface area contributed by atoms with Gasteiger partial charge in [0.25, 0.3) is 0 Å². The highest BCUT2D eigenvalue weighted by Crippen LogP contribution is 2.25. The molecular formula is C17H19BrN2O3S2. The molecule has 2 aromatic carbocycles. The molecule has 0 aromatic heterocycles. The van der Waals surface area contributed by atoms with E-state index >= 15 is 0 Å². The molecule has 0 aliphatic heterocycles. The van der Waals surface area contributed by atoms with Crippen molar-refractivity contribution in [3.05, 3.63) is 58.6 Å². The van der Waals surface area contributed by atoms with Gasteiger partial charge in [0.05, 0.1) is 16.2 Å². The predicted molar refractivity (Wildman–Crippen MR) is 104 cm³/mol. The average Bonchev–Trinajstić information content (AvgIpc) is 2.56. The fraction of sp³-hybridized carbons (Fsp3) is 0.235. The van der Waals surface area contributed by atoms with Crippen molar-refractivity contribution in [2.75, 3.05) is 0 Å². The summed E-state index contributed by atoms with van der Waals surface area (Å²) in [6.07, 6.45) is 0. The molecule has 2 atom stereocenters. The zero-order chi connectivity index (χ0) is 18.6. The normalized spacial score (nSPS) is 13.9. The zero-order valence-corrected chi connectivity index (χ0v) is 17.0. The maximum absolute atomic E-state index is 12.4. The first-order valence-electron chi connectivity index (χ1n) is 7.52. The summed E-state index contributed by atoms with van der Waals surface area (Å²) in [5, 5.41) is 7.76. The van der Waals surface area contributed by atoms with E-state index in [1.165, 1.54) is 23.9 Å². The number of carbonyl (C=O) groups is 1. The fourth-order valence-corrected chi connectivity index (χ4v) is 3.79. The van der Waals surface area contributed by atoms with Gasteiger partial charge in [0, 0.05) is 9.37 Å². The molecule has 5 nitrogen and oxygen atoms in total. The number of nitrogens with two attached hydrogens (primary N) is 1. The topological polar surface area (TPSA) is 89.3 Å². The van der Waals surface area contributed by atoms with Gasteiger partial charge in [0.2, 0.25) is 15.9 Å². The van der Waals surface area contributed by atoms with Crippen LogP contribution in [0.25, 0.3) is 0 Å². The lowest BCUT2D eigenvalue weighted by Crippen LogP contribution is -2.33. The Morgan fingerprint density at radius 3 is 2.16 bits per heavy atom. The minimum absolute atomic E-state index is 0.0499. The molecule has 2 unspecified atom stereocenters. The molecule has 0 radical (unpaired) electrons. The van der Waals surface area contributed by atoms with Crippen molar-refractivity contribution in [1.82, 2.24) is 5.32 Å². The number of primary sulfonamides is 1. The van der Waals surface area contributed by atoms with Crippen molar-refractivity contribution in [1.29, 1.82) is 0 Å². The van der Waals surface area contributed by atoms with Crippen LogP contribution in [0.15, 0.2) is 62.8 Å². The first-order chi connectivity index (χ1) is 11.7. The predicted octanol–water partition coefficient (Wildman–Crippen LogP) is 3.45. The van der Waals surface area contributed by atoms with Gasteiger partial charge in [0.1, 0.15) is 0 Å². The quantitative estimate of drug-likeness (QED) is 0.670. The number of rotatable bonds is 6. The average molecular weight is 443 g/mol. The maximum atomic E-state index is 12.4. The van der Waals surface area contributed by atoms with Crippen LogP contribution in [0.4, 0.5) is 0 Å². The molecule has 8 heteroatoms. The van der Waals surface area contributed by atoms with E-state index in [-0.39, 0.29) is 22.1 Å². The molecule has 0 aliphatic carbocycles. The first kappa shape index (κ1) is 20.0. The first-order valence-corrected chi connectivity index (χ1v) is 10.7. The molecule has 3 N–H and O–H groups in total. The summed E-state index contributed by atoms with van der Waals surface area (Å²) in [6.45, 7) is 3.69. The van der Waals surface area contributed by atoms with E-state index < -0.39 is 10.0 Å². The van der Waals surface area contributed by atoms with Gasteiger partial charge in [-0.05, 0) is 55.8 Å². The molecule has 1 amide bonds. The molecule has 0 fully saturated rings. The molecule has 0 aliphatic rings. The van der Waals surface area contributed by atoms with Gasteiger partial charge < -0.3 is 5.32 Å². The number of sulfonamides is 1. The second kappa shape index (κ2) is 8.35. The SMILES string of the molecule is CC(Sc1ccc(Br)cc1)C(=O)NC(C)c1ccc(S(N)(=O)=O)cc1. The Hall–Kier alpha value is -1.35. The summed E-state index contributed by atoms with van der Waals surface area (Å²) in [5.74, 6) is -0.0871. The third kappa shape index (κ3) is 5.85. The molecule has 0 heterocycles. The van der Waals surface area contributed by atoms with E-state index in [9.17, 15) is 13.2 Å². The summed E-state index contributed by atoms with van der Waals surface area (Å²) in [5.41, 5.74) is 0.807. The van der Waals surface area contributed by atoms with Gasteiger partial charge >= 0.3 is 0 Å². The highest BCUT2D eigenvalue weighted by Gasteiger charge is 2.18. The third-order valence-electron chi connectivity index (χ3n) is 3.56. The largest absolute Gasteiger partial charge is 0.349 e. The molecule has 25 heavy (non-hydrogen) atoms. The van der Waals surface area contributed by atoms with Crippen LogP contribution >= 0.6 is 27.7 Å². The van der Waals surface area contributed by atoms with Crippen LogP contribution in [-0.4, -0.2) is 19.6 Å². The van der Waals surface area contributed by atoms with Crippen molar-refractivity contribution in [3.63, 3.8) is 0 Å². The van der Waals surface area contributed by atoms with Crippen LogP contribution in [0.2, 0.25) is 0 Å². The monoisotopic (exact) mass is 442 g/mol. The molecule has 0 saturated carbocycles. The van der Waals surface area contributed by atoms with Gasteiger partial charge in [0.15, 0.2) is 0 Å². The van der Waals surface area contributed by atoms with Crippen LogP contribution in [0.1, 0.15) is 25.5 Å². The summed E-state index contributed by atoms with van der Waals surface area (Å²) >= 11 is 4.86. The minimum atomic E-state index is -3.71. The molecule has 2 rings (SSSR count). The van der Waals surface area contributed by atoms with E-state index in [1.807, 2.05) is 38.1 Å². The van der Waals surface area contributed by atoms with Crippen LogP contribution in [0, 0.1) is 0 Å². The van der Waals surface area contributed by atoms with Crippen LogP contribution in [0.3, 0.4) is 0 Å². The van der Waals surface area contributed by atoms with Gasteiger partial charge in [-0.1, -0.05) is 28.1 Å². The Labute approximate surface area is 160 Å². The number of hydrogen-bond donors (Lipinski definition) is 2. The third-order valence-corrected chi connectivity index (χ3v) is 6.13. The lowest BCUT2D eigenvalue weighted by molar-refractivity contribution is -0.120. The zero-order valence-electron chi connectivity index (χ0n) is 13.8. The molecule has 0 bridgehead atoms. The molecule has 2 aromatic rings. The number of halogens is 1. The lowest BCUT2D eigenvalue weighted by atomic mass is 10.1. The van der Waals surface area contributed by atoms with Crippen molar-refractivity contribution in [2.24, 2.45) is 5.14 Å². The second-order valence-corrected chi connectivity index (χ2v) is 9.45. The number of thioether (sulfide) groups is 1. The van der Waals surface area contributed by atoms with Gasteiger partial charge in [-0.15, -0.1) is 11.8 Å². The Kier molecular flexibility index (Phi) is 6.67. The second-order valence-electron chi connectivity index (χ2n) is 5.56. The number of amides is 1. The Balaban J connectivity index is 1.97. The minimum Gasteiger partial charge on any atom is -0.349 e. The standard InChI is InChI=1S/C17H19BrN2O3S2/c1-11(13-3-9-16(10-4-13)25(19,22)23)20-17(21)12(2)24-15-7-5-14(18)6-8-15/h3-12H,1-2H3,(H,20,21)(H2,19,22,23). The highest BCUT2D eigenvalue weighted by atomic mass is 79.9. The smallest absolute Gasteiger partial charge is 0.238 e. The van der Waals surface area contributed by atoms with Crippen molar-refractivity contribution < 1.29 is 13.2 Å². The van der Waals surface area contributed by atoms with E-state index in [1.54, 1.807) is 12.1 Å².